The summed E-state index contributed by atoms with van der Waals surface area (Å²) < 4.78 is 11.7. The van der Waals surface area contributed by atoms with Gasteiger partial charge in [-0.3, -0.25) is 0 Å². The van der Waals surface area contributed by atoms with Crippen LogP contribution >= 0.6 is 0 Å². The van der Waals surface area contributed by atoms with Crippen LogP contribution in [0.1, 0.15) is 46.0 Å². The number of phenolic OH excluding ortho intramolecular Hbond substituents is 1. The molecule has 3 atom stereocenters. The summed E-state index contributed by atoms with van der Waals surface area (Å²) in [6, 6.07) is 6.89. The topological polar surface area (TPSA) is 38.7 Å². The van der Waals surface area contributed by atoms with Crippen LogP contribution in [0.3, 0.4) is 0 Å². The third-order valence-corrected chi connectivity index (χ3v) is 3.70. The van der Waals surface area contributed by atoms with Crippen LogP contribution in [0.25, 0.3) is 0 Å². The van der Waals surface area contributed by atoms with Crippen LogP contribution in [0.2, 0.25) is 0 Å². The fourth-order valence-corrected chi connectivity index (χ4v) is 2.57. The van der Waals surface area contributed by atoms with Gasteiger partial charge in [0, 0.05) is 12.5 Å². The van der Waals surface area contributed by atoms with E-state index in [0.717, 1.165) is 12.8 Å². The average Bonchev–Trinajstić information content (AvgIpc) is 2.70. The van der Waals surface area contributed by atoms with Crippen LogP contribution in [-0.2, 0) is 4.74 Å². The molecule has 0 amide bonds. The smallest absolute Gasteiger partial charge is 0.200 e. The molecule has 0 spiro atoms. The Kier molecular flexibility index (Phi) is 5.08. The van der Waals surface area contributed by atoms with Crippen molar-refractivity contribution in [2.75, 3.05) is 0 Å². The van der Waals surface area contributed by atoms with Gasteiger partial charge < -0.3 is 14.6 Å². The zero-order valence-corrected chi connectivity index (χ0v) is 11.8. The molecule has 2 unspecified atom stereocenters. The number of benzene rings is 1. The fraction of sp³-hybridized carbons (Fsp3) is 0.625. The maximum Gasteiger partial charge on any atom is 0.200 e. The Morgan fingerprint density at radius 2 is 2.21 bits per heavy atom. The maximum absolute atomic E-state index is 9.41. The van der Waals surface area contributed by atoms with Crippen molar-refractivity contribution < 1.29 is 14.6 Å². The molecule has 1 aliphatic heterocycles. The van der Waals surface area contributed by atoms with Gasteiger partial charge >= 0.3 is 0 Å². The summed E-state index contributed by atoms with van der Waals surface area (Å²) in [5, 5.41) is 9.41. The van der Waals surface area contributed by atoms with Gasteiger partial charge in [-0.25, -0.2) is 0 Å². The SMILES string of the molecule is CCCCCC1OC(Oc2cccc(O)c2)C[C@H]1C. The number of unbranched alkanes of at least 4 members (excludes halogenated alkanes) is 2. The third kappa shape index (κ3) is 4.13. The van der Waals surface area contributed by atoms with Gasteiger partial charge in [-0.2, -0.15) is 0 Å². The highest BCUT2D eigenvalue weighted by molar-refractivity contribution is 5.31. The van der Waals surface area contributed by atoms with Crippen molar-refractivity contribution in [2.24, 2.45) is 5.92 Å². The molecular formula is C16H24O3. The molecule has 3 heteroatoms. The van der Waals surface area contributed by atoms with E-state index in [9.17, 15) is 5.11 Å². The van der Waals surface area contributed by atoms with Crippen LogP contribution < -0.4 is 4.74 Å². The van der Waals surface area contributed by atoms with Crippen LogP contribution in [0, 0.1) is 5.92 Å². The molecule has 0 aliphatic carbocycles. The van der Waals surface area contributed by atoms with Crippen molar-refractivity contribution in [2.45, 2.75) is 58.3 Å². The largest absolute Gasteiger partial charge is 0.508 e. The van der Waals surface area contributed by atoms with E-state index in [2.05, 4.69) is 13.8 Å². The van der Waals surface area contributed by atoms with Gasteiger partial charge in [0.2, 0.25) is 0 Å². The van der Waals surface area contributed by atoms with E-state index in [0.29, 0.717) is 17.8 Å². The Morgan fingerprint density at radius 1 is 1.37 bits per heavy atom. The Balaban J connectivity index is 1.83. The second-order valence-electron chi connectivity index (χ2n) is 5.43. The molecule has 1 saturated heterocycles. The fourth-order valence-electron chi connectivity index (χ4n) is 2.57. The first-order valence-electron chi connectivity index (χ1n) is 7.30. The van der Waals surface area contributed by atoms with Gasteiger partial charge in [0.05, 0.1) is 6.10 Å². The molecule has 19 heavy (non-hydrogen) atoms. The van der Waals surface area contributed by atoms with Crippen molar-refractivity contribution in [1.82, 2.24) is 0 Å². The van der Waals surface area contributed by atoms with Gasteiger partial charge in [0.1, 0.15) is 11.5 Å². The summed E-state index contributed by atoms with van der Waals surface area (Å²) in [6.45, 7) is 4.44. The number of phenols is 1. The molecule has 0 aromatic heterocycles. The molecule has 0 bridgehead atoms. The lowest BCUT2D eigenvalue weighted by atomic mass is 9.99. The van der Waals surface area contributed by atoms with Gasteiger partial charge in [-0.1, -0.05) is 39.2 Å². The summed E-state index contributed by atoms with van der Waals surface area (Å²) in [4.78, 5) is 0. The summed E-state index contributed by atoms with van der Waals surface area (Å²) >= 11 is 0. The number of hydrogen-bond donors (Lipinski definition) is 1. The summed E-state index contributed by atoms with van der Waals surface area (Å²) in [7, 11) is 0. The van der Waals surface area contributed by atoms with E-state index in [-0.39, 0.29) is 12.0 Å². The minimum Gasteiger partial charge on any atom is -0.508 e. The van der Waals surface area contributed by atoms with E-state index < -0.39 is 0 Å². The second kappa shape index (κ2) is 6.80. The molecule has 1 heterocycles. The van der Waals surface area contributed by atoms with Crippen LogP contribution in [0.15, 0.2) is 24.3 Å². The van der Waals surface area contributed by atoms with E-state index in [1.54, 1.807) is 18.2 Å². The normalized spacial score (nSPS) is 26.5. The molecule has 1 N–H and O–H groups in total. The van der Waals surface area contributed by atoms with Crippen LogP contribution in [0.5, 0.6) is 11.5 Å². The van der Waals surface area contributed by atoms with Crippen molar-refractivity contribution >= 4 is 0 Å². The zero-order chi connectivity index (χ0) is 13.7. The molecule has 1 fully saturated rings. The molecule has 1 aromatic rings. The zero-order valence-electron chi connectivity index (χ0n) is 11.8. The lowest BCUT2D eigenvalue weighted by Crippen LogP contribution is -2.17. The molecule has 2 rings (SSSR count). The van der Waals surface area contributed by atoms with Crippen molar-refractivity contribution in [3.63, 3.8) is 0 Å². The van der Waals surface area contributed by atoms with Gasteiger partial charge in [0.25, 0.3) is 0 Å². The quantitative estimate of drug-likeness (QED) is 0.786. The predicted molar refractivity (Wildman–Crippen MR) is 75.3 cm³/mol. The van der Waals surface area contributed by atoms with E-state index >= 15 is 0 Å². The maximum atomic E-state index is 9.41. The van der Waals surface area contributed by atoms with Crippen molar-refractivity contribution in [3.8, 4) is 11.5 Å². The van der Waals surface area contributed by atoms with Crippen molar-refractivity contribution in [1.29, 1.82) is 0 Å². The highest BCUT2D eigenvalue weighted by Crippen LogP contribution is 2.31. The van der Waals surface area contributed by atoms with Gasteiger partial charge in [-0.15, -0.1) is 0 Å². The number of aromatic hydroxyl groups is 1. The molecule has 106 valence electrons. The third-order valence-electron chi connectivity index (χ3n) is 3.70. The first-order valence-corrected chi connectivity index (χ1v) is 7.30. The average molecular weight is 264 g/mol. The molecular weight excluding hydrogens is 240 g/mol. The second-order valence-corrected chi connectivity index (χ2v) is 5.43. The highest BCUT2D eigenvalue weighted by atomic mass is 16.7. The van der Waals surface area contributed by atoms with Crippen LogP contribution in [-0.4, -0.2) is 17.5 Å². The van der Waals surface area contributed by atoms with Gasteiger partial charge in [0.15, 0.2) is 6.29 Å². The van der Waals surface area contributed by atoms with E-state index in [1.807, 2.05) is 6.07 Å². The first-order chi connectivity index (χ1) is 9.19. The number of rotatable bonds is 6. The number of ether oxygens (including phenoxy) is 2. The molecule has 0 radical (unpaired) electrons. The van der Waals surface area contributed by atoms with E-state index in [4.69, 9.17) is 9.47 Å². The number of hydrogen-bond acceptors (Lipinski definition) is 3. The Hall–Kier alpha value is -1.22. The van der Waals surface area contributed by atoms with Crippen LogP contribution in [0.4, 0.5) is 0 Å². The standard InChI is InChI=1S/C16H24O3/c1-3-4-5-9-15-12(2)10-16(19-15)18-14-8-6-7-13(17)11-14/h6-8,11-12,15-17H,3-5,9-10H2,1-2H3/t12-,15?,16?/m1/s1. The Morgan fingerprint density at radius 3 is 2.95 bits per heavy atom. The lowest BCUT2D eigenvalue weighted by molar-refractivity contribution is -0.0771. The first kappa shape index (κ1) is 14.2. The molecule has 3 nitrogen and oxygen atoms in total. The Bertz CT molecular complexity index is 391. The highest BCUT2D eigenvalue weighted by Gasteiger charge is 2.32. The summed E-state index contributed by atoms with van der Waals surface area (Å²) in [6.07, 6.45) is 5.91. The summed E-state index contributed by atoms with van der Waals surface area (Å²) in [5.41, 5.74) is 0. The van der Waals surface area contributed by atoms with Crippen molar-refractivity contribution in [3.05, 3.63) is 24.3 Å². The summed E-state index contributed by atoms with van der Waals surface area (Å²) in [5.74, 6) is 1.44. The predicted octanol–water partition coefficient (Wildman–Crippen LogP) is 4.10. The monoisotopic (exact) mass is 264 g/mol. The minimum absolute atomic E-state index is 0.177. The molecule has 0 saturated carbocycles. The molecule has 1 aliphatic rings. The molecule has 1 aromatic carbocycles. The minimum atomic E-state index is -0.177. The van der Waals surface area contributed by atoms with Gasteiger partial charge in [-0.05, 0) is 24.5 Å². The lowest BCUT2D eigenvalue weighted by Gasteiger charge is -2.16. The Labute approximate surface area is 115 Å². The van der Waals surface area contributed by atoms with E-state index in [1.165, 1.54) is 19.3 Å².